The second-order valence-corrected chi connectivity index (χ2v) is 3.51. The molecule has 1 N–H and O–H groups in total. The highest BCUT2D eigenvalue weighted by molar-refractivity contribution is 5.95. The van der Waals surface area contributed by atoms with Crippen LogP contribution in [-0.4, -0.2) is 34.1 Å². The van der Waals surface area contributed by atoms with Crippen LogP contribution in [0.25, 0.3) is 0 Å². The van der Waals surface area contributed by atoms with Gasteiger partial charge in [-0.25, -0.2) is 9.59 Å². The third-order valence-electron chi connectivity index (χ3n) is 2.58. The van der Waals surface area contributed by atoms with Crippen LogP contribution in [0, 0.1) is 0 Å². The number of β-lactam (4-membered cyclic amide) rings is 1. The summed E-state index contributed by atoms with van der Waals surface area (Å²) >= 11 is 0. The standard InChI is InChI=1S/C9H9NO5/c11-7-3-6-2-1-5(4-10(6)7)8(12)15-9(13)14/h4,6H,1-3H2,(H,13,14)/t6-/m1/s1. The van der Waals surface area contributed by atoms with Gasteiger partial charge in [0, 0.05) is 18.7 Å². The van der Waals surface area contributed by atoms with E-state index in [4.69, 9.17) is 5.11 Å². The Morgan fingerprint density at radius 1 is 1.53 bits per heavy atom. The number of rotatable bonds is 1. The van der Waals surface area contributed by atoms with Gasteiger partial charge >= 0.3 is 12.1 Å². The number of fused-ring (bicyclic) bond motifs is 1. The van der Waals surface area contributed by atoms with Crippen molar-refractivity contribution in [3.05, 3.63) is 11.8 Å². The second-order valence-electron chi connectivity index (χ2n) is 3.51. The number of carbonyl (C=O) groups excluding carboxylic acids is 2. The van der Waals surface area contributed by atoms with E-state index >= 15 is 0 Å². The quantitative estimate of drug-likeness (QED) is 0.387. The molecule has 0 unspecified atom stereocenters. The van der Waals surface area contributed by atoms with Crippen molar-refractivity contribution in [2.75, 3.05) is 0 Å². The van der Waals surface area contributed by atoms with Gasteiger partial charge in [-0.15, -0.1) is 0 Å². The molecule has 0 aromatic carbocycles. The Bertz CT molecular complexity index is 373. The molecule has 0 aromatic rings. The molecule has 0 spiro atoms. The van der Waals surface area contributed by atoms with Crippen LogP contribution in [0.4, 0.5) is 4.79 Å². The van der Waals surface area contributed by atoms with Crippen LogP contribution in [-0.2, 0) is 14.3 Å². The molecular formula is C9H9NO5. The molecule has 0 aliphatic carbocycles. The highest BCUT2D eigenvalue weighted by atomic mass is 16.7. The minimum Gasteiger partial charge on any atom is -0.449 e. The van der Waals surface area contributed by atoms with Crippen molar-refractivity contribution in [2.45, 2.75) is 25.3 Å². The number of carboxylic acid groups (broad SMARTS) is 1. The van der Waals surface area contributed by atoms with Crippen molar-refractivity contribution in [1.82, 2.24) is 4.90 Å². The van der Waals surface area contributed by atoms with Crippen molar-refractivity contribution in [3.8, 4) is 0 Å². The maximum atomic E-state index is 11.2. The fourth-order valence-electron chi connectivity index (χ4n) is 1.77. The maximum Gasteiger partial charge on any atom is 0.513 e. The van der Waals surface area contributed by atoms with Gasteiger partial charge in [0.15, 0.2) is 0 Å². The molecule has 2 heterocycles. The van der Waals surface area contributed by atoms with Crippen molar-refractivity contribution >= 4 is 18.0 Å². The summed E-state index contributed by atoms with van der Waals surface area (Å²) in [5, 5.41) is 8.25. The minimum absolute atomic E-state index is 0.0414. The number of carbonyl (C=O) groups is 3. The van der Waals surface area contributed by atoms with E-state index < -0.39 is 12.1 Å². The molecule has 15 heavy (non-hydrogen) atoms. The first-order chi connectivity index (χ1) is 7.08. The summed E-state index contributed by atoms with van der Waals surface area (Å²) in [6, 6.07) is 0.180. The molecule has 1 saturated heterocycles. The molecule has 1 fully saturated rings. The third-order valence-corrected chi connectivity index (χ3v) is 2.58. The van der Waals surface area contributed by atoms with E-state index in [2.05, 4.69) is 4.74 Å². The fraction of sp³-hybridized carbons (Fsp3) is 0.444. The molecule has 2 aliphatic heterocycles. The minimum atomic E-state index is -1.63. The Morgan fingerprint density at radius 2 is 2.27 bits per heavy atom. The van der Waals surface area contributed by atoms with Gasteiger partial charge in [0.25, 0.3) is 0 Å². The first-order valence-corrected chi connectivity index (χ1v) is 4.55. The zero-order valence-electron chi connectivity index (χ0n) is 7.80. The Hall–Kier alpha value is -1.85. The topological polar surface area (TPSA) is 83.9 Å². The van der Waals surface area contributed by atoms with Crippen LogP contribution in [0.5, 0.6) is 0 Å². The first kappa shape index (κ1) is 9.70. The zero-order valence-corrected chi connectivity index (χ0v) is 7.80. The zero-order chi connectivity index (χ0) is 11.0. The maximum absolute atomic E-state index is 11.2. The van der Waals surface area contributed by atoms with Crippen LogP contribution in [0.2, 0.25) is 0 Å². The Kier molecular flexibility index (Phi) is 2.18. The SMILES string of the molecule is O=C(O)OC(=O)C1=CN2C(=O)C[C@H]2CC1. The van der Waals surface area contributed by atoms with Gasteiger partial charge in [-0.3, -0.25) is 4.79 Å². The molecule has 2 rings (SSSR count). The number of hydrogen-bond donors (Lipinski definition) is 1. The van der Waals surface area contributed by atoms with Crippen LogP contribution >= 0.6 is 0 Å². The molecule has 1 amide bonds. The van der Waals surface area contributed by atoms with Gasteiger partial charge in [-0.2, -0.15) is 0 Å². The highest BCUT2D eigenvalue weighted by Crippen LogP contribution is 2.31. The average Bonchev–Trinajstić information content (AvgIpc) is 2.15. The normalized spacial score (nSPS) is 23.7. The van der Waals surface area contributed by atoms with Crippen molar-refractivity contribution in [1.29, 1.82) is 0 Å². The lowest BCUT2D eigenvalue weighted by atomic mass is 9.91. The molecule has 0 radical (unpaired) electrons. The second kappa shape index (κ2) is 3.38. The van der Waals surface area contributed by atoms with Crippen LogP contribution in [0.1, 0.15) is 19.3 Å². The Morgan fingerprint density at radius 3 is 2.87 bits per heavy atom. The molecule has 6 heteroatoms. The summed E-state index contributed by atoms with van der Waals surface area (Å²) in [5.41, 5.74) is 0.238. The van der Waals surface area contributed by atoms with E-state index in [-0.39, 0.29) is 17.5 Å². The molecule has 0 aromatic heterocycles. The Labute approximate surface area is 85.1 Å². The van der Waals surface area contributed by atoms with Crippen LogP contribution in [0.3, 0.4) is 0 Å². The van der Waals surface area contributed by atoms with Crippen molar-refractivity contribution in [3.63, 3.8) is 0 Å². The van der Waals surface area contributed by atoms with E-state index in [0.29, 0.717) is 19.3 Å². The fourth-order valence-corrected chi connectivity index (χ4v) is 1.77. The number of esters is 1. The summed E-state index contributed by atoms with van der Waals surface area (Å²) in [6.07, 6.45) is 1.42. The molecule has 0 saturated carbocycles. The van der Waals surface area contributed by atoms with E-state index in [9.17, 15) is 14.4 Å². The van der Waals surface area contributed by atoms with Crippen molar-refractivity contribution < 1.29 is 24.2 Å². The summed E-state index contributed by atoms with van der Waals surface area (Å²) in [4.78, 5) is 33.8. The predicted molar refractivity (Wildman–Crippen MR) is 46.7 cm³/mol. The van der Waals surface area contributed by atoms with Gasteiger partial charge in [0.05, 0.1) is 5.57 Å². The molecule has 6 nitrogen and oxygen atoms in total. The smallest absolute Gasteiger partial charge is 0.449 e. The van der Waals surface area contributed by atoms with Crippen LogP contribution < -0.4 is 0 Å². The van der Waals surface area contributed by atoms with Gasteiger partial charge in [0.2, 0.25) is 5.91 Å². The number of hydrogen-bond acceptors (Lipinski definition) is 4. The molecule has 80 valence electrons. The number of amides is 1. The van der Waals surface area contributed by atoms with Gasteiger partial charge in [-0.05, 0) is 12.8 Å². The first-order valence-electron chi connectivity index (χ1n) is 4.55. The van der Waals surface area contributed by atoms with E-state index in [0.717, 1.165) is 0 Å². The predicted octanol–water partition coefficient (Wildman–Crippen LogP) is 0.486. The molecule has 1 atom stereocenters. The van der Waals surface area contributed by atoms with E-state index in [1.807, 2.05) is 0 Å². The van der Waals surface area contributed by atoms with Crippen molar-refractivity contribution in [2.24, 2.45) is 0 Å². The summed E-state index contributed by atoms with van der Waals surface area (Å²) in [6.45, 7) is 0. The molecule has 2 aliphatic rings. The monoisotopic (exact) mass is 211 g/mol. The van der Waals surface area contributed by atoms with E-state index in [1.165, 1.54) is 11.1 Å². The molecule has 0 bridgehead atoms. The highest BCUT2D eigenvalue weighted by Gasteiger charge is 2.38. The summed E-state index contributed by atoms with van der Waals surface area (Å²) < 4.78 is 4.00. The Balaban J connectivity index is 2.07. The van der Waals surface area contributed by atoms with E-state index in [1.54, 1.807) is 0 Å². The van der Waals surface area contributed by atoms with Gasteiger partial charge in [0.1, 0.15) is 0 Å². The summed E-state index contributed by atoms with van der Waals surface area (Å²) in [7, 11) is 0. The lowest BCUT2D eigenvalue weighted by Gasteiger charge is -2.41. The number of nitrogens with zero attached hydrogens (tertiary/aromatic N) is 1. The lowest BCUT2D eigenvalue weighted by molar-refractivity contribution is -0.142. The number of ether oxygens (including phenoxy) is 1. The summed E-state index contributed by atoms with van der Waals surface area (Å²) in [5.74, 6) is -0.930. The lowest BCUT2D eigenvalue weighted by Crippen LogP contribution is -2.51. The average molecular weight is 211 g/mol. The van der Waals surface area contributed by atoms with Gasteiger partial charge < -0.3 is 14.7 Å². The largest absolute Gasteiger partial charge is 0.513 e. The molecular weight excluding hydrogens is 202 g/mol. The van der Waals surface area contributed by atoms with Crippen LogP contribution in [0.15, 0.2) is 11.8 Å². The van der Waals surface area contributed by atoms with Gasteiger partial charge in [-0.1, -0.05) is 0 Å². The third kappa shape index (κ3) is 1.70.